The van der Waals surface area contributed by atoms with Crippen LogP contribution < -0.4 is 10.6 Å². The predicted molar refractivity (Wildman–Crippen MR) is 97.4 cm³/mol. The number of H-pyrrole nitrogens is 1. The van der Waals surface area contributed by atoms with E-state index in [1.165, 1.54) is 27.7 Å². The number of aromatic nitrogens is 1. The second-order valence-corrected chi connectivity index (χ2v) is 6.54. The van der Waals surface area contributed by atoms with Crippen molar-refractivity contribution in [3.8, 4) is 0 Å². The van der Waals surface area contributed by atoms with Crippen molar-refractivity contribution in [1.82, 2.24) is 10.3 Å². The van der Waals surface area contributed by atoms with Crippen molar-refractivity contribution >= 4 is 22.6 Å². The number of carbonyl (C=O) groups excluding carboxylic acids is 1. The van der Waals surface area contributed by atoms with Gasteiger partial charge in [-0.1, -0.05) is 29.8 Å². The lowest BCUT2D eigenvalue weighted by Crippen LogP contribution is -2.41. The summed E-state index contributed by atoms with van der Waals surface area (Å²) in [6.45, 7) is 2.12. The predicted octanol–water partition coefficient (Wildman–Crippen LogP) is 4.16. The Morgan fingerprint density at radius 2 is 2.00 bits per heavy atom. The Morgan fingerprint density at radius 1 is 1.17 bits per heavy atom. The molecule has 0 aliphatic heterocycles. The minimum absolute atomic E-state index is 0.137. The lowest BCUT2D eigenvalue weighted by molar-refractivity contribution is 0.247. The van der Waals surface area contributed by atoms with Gasteiger partial charge in [-0.2, -0.15) is 0 Å². The number of aryl methyl sites for hydroxylation is 2. The van der Waals surface area contributed by atoms with Gasteiger partial charge in [0.2, 0.25) is 0 Å². The van der Waals surface area contributed by atoms with E-state index in [0.717, 1.165) is 24.9 Å². The molecule has 2 aromatic carbocycles. The zero-order valence-corrected chi connectivity index (χ0v) is 13.7. The molecule has 122 valence electrons. The van der Waals surface area contributed by atoms with E-state index in [1.807, 2.05) is 30.3 Å². The number of hydrogen-bond acceptors (Lipinski definition) is 1. The van der Waals surface area contributed by atoms with Crippen LogP contribution in [0.4, 0.5) is 10.5 Å². The Balaban J connectivity index is 1.46. The first kappa shape index (κ1) is 14.8. The summed E-state index contributed by atoms with van der Waals surface area (Å²) >= 11 is 0. The zero-order chi connectivity index (χ0) is 16.5. The number of carbonyl (C=O) groups is 1. The summed E-state index contributed by atoms with van der Waals surface area (Å²) in [6, 6.07) is 16.1. The van der Waals surface area contributed by atoms with Crippen LogP contribution in [0.3, 0.4) is 0 Å². The molecule has 1 aliphatic carbocycles. The first-order valence-corrected chi connectivity index (χ1v) is 8.42. The maximum Gasteiger partial charge on any atom is 0.319 e. The normalized spacial score (nSPS) is 16.6. The fourth-order valence-corrected chi connectivity index (χ4v) is 3.54. The van der Waals surface area contributed by atoms with Crippen LogP contribution in [0.25, 0.3) is 10.9 Å². The van der Waals surface area contributed by atoms with Crippen molar-refractivity contribution in [1.29, 1.82) is 0 Å². The first-order chi connectivity index (χ1) is 11.7. The average molecular weight is 319 g/mol. The molecule has 0 saturated heterocycles. The van der Waals surface area contributed by atoms with E-state index in [1.54, 1.807) is 0 Å². The smallest absolute Gasteiger partial charge is 0.319 e. The van der Waals surface area contributed by atoms with Gasteiger partial charge in [-0.05, 0) is 49.6 Å². The molecule has 24 heavy (non-hydrogen) atoms. The third-order valence-corrected chi connectivity index (χ3v) is 4.71. The molecule has 2 amide bonds. The molecule has 0 fully saturated rings. The number of rotatable bonds is 2. The number of para-hydroxylation sites is 1. The van der Waals surface area contributed by atoms with Gasteiger partial charge in [-0.25, -0.2) is 4.79 Å². The van der Waals surface area contributed by atoms with Crippen LogP contribution in [0.1, 0.15) is 23.2 Å². The van der Waals surface area contributed by atoms with Gasteiger partial charge >= 0.3 is 6.03 Å². The van der Waals surface area contributed by atoms with E-state index in [2.05, 4.69) is 40.7 Å². The van der Waals surface area contributed by atoms with Gasteiger partial charge < -0.3 is 15.6 Å². The largest absolute Gasteiger partial charge is 0.358 e. The fourth-order valence-electron chi connectivity index (χ4n) is 3.54. The van der Waals surface area contributed by atoms with Crippen LogP contribution in [0.15, 0.2) is 48.5 Å². The summed E-state index contributed by atoms with van der Waals surface area (Å²) in [6.07, 6.45) is 2.82. The van der Waals surface area contributed by atoms with Gasteiger partial charge in [-0.15, -0.1) is 0 Å². The number of urea groups is 1. The van der Waals surface area contributed by atoms with Gasteiger partial charge in [0.05, 0.1) is 0 Å². The molecule has 0 radical (unpaired) electrons. The monoisotopic (exact) mass is 319 g/mol. The molecule has 0 bridgehead atoms. The SMILES string of the molecule is Cc1ccc2[nH]c3c(c2c1)CCC(NC(=O)Nc1ccccc1)C3. The molecule has 3 N–H and O–H groups in total. The molecular weight excluding hydrogens is 298 g/mol. The van der Waals surface area contributed by atoms with Crippen LogP contribution in [0.5, 0.6) is 0 Å². The summed E-state index contributed by atoms with van der Waals surface area (Å²) < 4.78 is 0. The van der Waals surface area contributed by atoms with Crippen molar-refractivity contribution < 1.29 is 4.79 Å². The number of hydrogen-bond donors (Lipinski definition) is 3. The second kappa shape index (κ2) is 6.04. The minimum atomic E-state index is -0.137. The fraction of sp³-hybridized carbons (Fsp3) is 0.250. The number of aromatic amines is 1. The number of amides is 2. The number of fused-ring (bicyclic) bond motifs is 3. The van der Waals surface area contributed by atoms with E-state index in [9.17, 15) is 4.79 Å². The molecule has 4 rings (SSSR count). The third-order valence-electron chi connectivity index (χ3n) is 4.71. The average Bonchev–Trinajstić information content (AvgIpc) is 2.92. The molecule has 1 aliphatic rings. The standard InChI is InChI=1S/C20H21N3O/c1-13-7-10-18-17(11-13)16-9-8-15(12-19(16)23-18)22-20(24)21-14-5-3-2-4-6-14/h2-7,10-11,15,23H,8-9,12H2,1H3,(H2,21,22,24). The Bertz CT molecular complexity index is 883. The lowest BCUT2D eigenvalue weighted by Gasteiger charge is -2.23. The highest BCUT2D eigenvalue weighted by molar-refractivity contribution is 5.89. The molecule has 1 atom stereocenters. The zero-order valence-electron chi connectivity index (χ0n) is 13.7. The van der Waals surface area contributed by atoms with Gasteiger partial charge in [0.1, 0.15) is 0 Å². The molecule has 0 spiro atoms. The molecular formula is C20H21N3O. The number of nitrogens with one attached hydrogen (secondary N) is 3. The Labute approximate surface area is 141 Å². The third kappa shape index (κ3) is 2.87. The molecule has 4 heteroatoms. The Hall–Kier alpha value is -2.75. The van der Waals surface area contributed by atoms with E-state index in [4.69, 9.17) is 0 Å². The van der Waals surface area contributed by atoms with Gasteiger partial charge in [0.25, 0.3) is 0 Å². The number of anilines is 1. The highest BCUT2D eigenvalue weighted by Crippen LogP contribution is 2.29. The molecule has 1 unspecified atom stereocenters. The molecule has 1 aromatic heterocycles. The van der Waals surface area contributed by atoms with Crippen LogP contribution >= 0.6 is 0 Å². The first-order valence-electron chi connectivity index (χ1n) is 8.42. The Morgan fingerprint density at radius 3 is 2.83 bits per heavy atom. The van der Waals surface area contributed by atoms with Crippen LogP contribution in [-0.4, -0.2) is 17.1 Å². The molecule has 0 saturated carbocycles. The van der Waals surface area contributed by atoms with Crippen molar-refractivity contribution in [3.63, 3.8) is 0 Å². The molecule has 1 heterocycles. The van der Waals surface area contributed by atoms with E-state index >= 15 is 0 Å². The number of benzene rings is 2. The van der Waals surface area contributed by atoms with Crippen molar-refractivity contribution in [2.45, 2.75) is 32.2 Å². The minimum Gasteiger partial charge on any atom is -0.358 e. The van der Waals surface area contributed by atoms with Crippen molar-refractivity contribution in [2.24, 2.45) is 0 Å². The van der Waals surface area contributed by atoms with E-state index < -0.39 is 0 Å². The topological polar surface area (TPSA) is 56.9 Å². The van der Waals surface area contributed by atoms with E-state index in [-0.39, 0.29) is 12.1 Å². The van der Waals surface area contributed by atoms with Crippen LogP contribution in [0, 0.1) is 6.92 Å². The summed E-state index contributed by atoms with van der Waals surface area (Å²) in [7, 11) is 0. The summed E-state index contributed by atoms with van der Waals surface area (Å²) in [5, 5.41) is 7.31. The quantitative estimate of drug-likeness (QED) is 0.653. The molecule has 3 aromatic rings. The summed E-state index contributed by atoms with van der Waals surface area (Å²) in [5.74, 6) is 0. The maximum absolute atomic E-state index is 12.2. The van der Waals surface area contributed by atoms with Crippen LogP contribution in [-0.2, 0) is 12.8 Å². The molecule has 4 nitrogen and oxygen atoms in total. The van der Waals surface area contributed by atoms with Gasteiger partial charge in [-0.3, -0.25) is 0 Å². The Kier molecular flexibility index (Phi) is 3.73. The summed E-state index contributed by atoms with van der Waals surface area (Å²) in [5.41, 5.74) is 5.96. The highest BCUT2D eigenvalue weighted by Gasteiger charge is 2.23. The maximum atomic E-state index is 12.2. The van der Waals surface area contributed by atoms with Crippen LogP contribution in [0.2, 0.25) is 0 Å². The van der Waals surface area contributed by atoms with Crippen molar-refractivity contribution in [2.75, 3.05) is 5.32 Å². The van der Waals surface area contributed by atoms with E-state index in [0.29, 0.717) is 0 Å². The van der Waals surface area contributed by atoms with Crippen molar-refractivity contribution in [3.05, 3.63) is 65.4 Å². The van der Waals surface area contributed by atoms with Gasteiger partial charge in [0, 0.05) is 34.7 Å². The second-order valence-electron chi connectivity index (χ2n) is 6.54. The summed E-state index contributed by atoms with van der Waals surface area (Å²) in [4.78, 5) is 15.7. The van der Waals surface area contributed by atoms with Gasteiger partial charge in [0.15, 0.2) is 0 Å². The highest BCUT2D eigenvalue weighted by atomic mass is 16.2. The lowest BCUT2D eigenvalue weighted by atomic mass is 9.91.